The van der Waals surface area contributed by atoms with E-state index in [0.717, 1.165) is 23.4 Å². The third-order valence-corrected chi connectivity index (χ3v) is 3.81. The van der Waals surface area contributed by atoms with E-state index in [0.29, 0.717) is 6.04 Å². The summed E-state index contributed by atoms with van der Waals surface area (Å²) in [5, 5.41) is 3.59. The van der Waals surface area contributed by atoms with Crippen molar-refractivity contribution in [3.63, 3.8) is 0 Å². The topological polar surface area (TPSA) is 40.7 Å². The third kappa shape index (κ3) is 1.84. The van der Waals surface area contributed by atoms with Crippen molar-refractivity contribution in [3.05, 3.63) is 30.1 Å². The molecule has 0 spiro atoms. The van der Waals surface area contributed by atoms with Crippen molar-refractivity contribution in [2.75, 3.05) is 6.54 Å². The second-order valence-electron chi connectivity index (χ2n) is 5.62. The van der Waals surface area contributed by atoms with E-state index in [1.54, 1.807) is 0 Å². The van der Waals surface area contributed by atoms with E-state index in [2.05, 4.69) is 36.3 Å². The van der Waals surface area contributed by atoms with Crippen LogP contribution in [0.15, 0.2) is 24.3 Å². The third-order valence-electron chi connectivity index (χ3n) is 3.81. The first-order valence-corrected chi connectivity index (χ1v) is 6.35. The van der Waals surface area contributed by atoms with Crippen molar-refractivity contribution in [1.82, 2.24) is 15.3 Å². The molecule has 3 heteroatoms. The van der Waals surface area contributed by atoms with Crippen molar-refractivity contribution < 1.29 is 0 Å². The predicted molar refractivity (Wildman–Crippen MR) is 69.9 cm³/mol. The van der Waals surface area contributed by atoms with Gasteiger partial charge in [0.2, 0.25) is 0 Å². The summed E-state index contributed by atoms with van der Waals surface area (Å²) >= 11 is 0. The fourth-order valence-electron chi connectivity index (χ4n) is 2.79. The Hall–Kier alpha value is -1.35. The first kappa shape index (κ1) is 10.8. The fourth-order valence-corrected chi connectivity index (χ4v) is 2.79. The van der Waals surface area contributed by atoms with Crippen molar-refractivity contribution >= 4 is 11.0 Å². The van der Waals surface area contributed by atoms with Gasteiger partial charge in [-0.05, 0) is 36.9 Å². The lowest BCUT2D eigenvalue weighted by molar-refractivity contribution is 0.175. The zero-order chi connectivity index (χ0) is 11.9. The number of rotatable bonds is 1. The van der Waals surface area contributed by atoms with Crippen LogP contribution in [0.25, 0.3) is 11.0 Å². The number of aromatic amines is 1. The molecule has 1 aliphatic heterocycles. The van der Waals surface area contributed by atoms with E-state index in [4.69, 9.17) is 4.98 Å². The van der Waals surface area contributed by atoms with Gasteiger partial charge in [0.05, 0.1) is 17.1 Å². The second kappa shape index (κ2) is 3.84. The zero-order valence-corrected chi connectivity index (χ0v) is 10.5. The van der Waals surface area contributed by atoms with Crippen molar-refractivity contribution in [2.45, 2.75) is 32.7 Å². The summed E-state index contributed by atoms with van der Waals surface area (Å²) in [6, 6.07) is 8.56. The van der Waals surface area contributed by atoms with Crippen LogP contribution in [0.1, 0.15) is 38.6 Å². The highest BCUT2D eigenvalue weighted by Gasteiger charge is 2.34. The van der Waals surface area contributed by atoms with E-state index >= 15 is 0 Å². The van der Waals surface area contributed by atoms with Crippen molar-refractivity contribution in [3.8, 4) is 0 Å². The minimum absolute atomic E-state index is 0.270. The number of H-pyrrole nitrogens is 1. The molecule has 1 atom stereocenters. The monoisotopic (exact) mass is 229 g/mol. The molecule has 2 heterocycles. The SMILES string of the molecule is CC1(C)CCCNC1c1nc2ccccc2[nH]1. The minimum atomic E-state index is 0.270. The van der Waals surface area contributed by atoms with Crippen molar-refractivity contribution in [1.29, 1.82) is 0 Å². The maximum atomic E-state index is 4.71. The number of fused-ring (bicyclic) bond motifs is 1. The molecule has 0 radical (unpaired) electrons. The molecule has 1 fully saturated rings. The first-order valence-electron chi connectivity index (χ1n) is 6.35. The van der Waals surface area contributed by atoms with Gasteiger partial charge in [-0.1, -0.05) is 26.0 Å². The Labute approximate surface area is 102 Å². The number of nitrogens with zero attached hydrogens (tertiary/aromatic N) is 1. The lowest BCUT2D eigenvalue weighted by Crippen LogP contribution is -2.40. The van der Waals surface area contributed by atoms with E-state index in [1.165, 1.54) is 12.8 Å². The number of hydrogen-bond donors (Lipinski definition) is 2. The first-order chi connectivity index (χ1) is 8.17. The molecule has 1 unspecified atom stereocenters. The van der Waals surface area contributed by atoms with Crippen LogP contribution in [0.4, 0.5) is 0 Å². The molecule has 2 aromatic rings. The molecule has 0 aliphatic carbocycles. The smallest absolute Gasteiger partial charge is 0.125 e. The van der Waals surface area contributed by atoms with Gasteiger partial charge in [0.1, 0.15) is 5.82 Å². The lowest BCUT2D eigenvalue weighted by Gasteiger charge is -2.38. The van der Waals surface area contributed by atoms with Crippen LogP contribution in [0.2, 0.25) is 0 Å². The highest BCUT2D eigenvalue weighted by atomic mass is 15.0. The van der Waals surface area contributed by atoms with Crippen LogP contribution >= 0.6 is 0 Å². The van der Waals surface area contributed by atoms with Crippen LogP contribution in [0.3, 0.4) is 0 Å². The Morgan fingerprint density at radius 2 is 2.12 bits per heavy atom. The largest absolute Gasteiger partial charge is 0.341 e. The number of imidazole rings is 1. The molecule has 1 aromatic heterocycles. The molecule has 0 amide bonds. The average Bonchev–Trinajstić information content (AvgIpc) is 2.71. The molecule has 0 bridgehead atoms. The number of piperidine rings is 1. The Kier molecular flexibility index (Phi) is 2.44. The summed E-state index contributed by atoms with van der Waals surface area (Å²) in [5.41, 5.74) is 2.46. The summed E-state index contributed by atoms with van der Waals surface area (Å²) in [7, 11) is 0. The number of benzene rings is 1. The molecule has 0 saturated carbocycles. The maximum absolute atomic E-state index is 4.71. The summed E-state index contributed by atoms with van der Waals surface area (Å²) in [5.74, 6) is 1.08. The summed E-state index contributed by atoms with van der Waals surface area (Å²) < 4.78 is 0. The molecule has 90 valence electrons. The molecular formula is C14H19N3. The molecular weight excluding hydrogens is 210 g/mol. The molecule has 1 aliphatic rings. The Bertz CT molecular complexity index is 494. The maximum Gasteiger partial charge on any atom is 0.125 e. The van der Waals surface area contributed by atoms with Crippen LogP contribution in [0.5, 0.6) is 0 Å². The molecule has 3 rings (SSSR count). The van der Waals surface area contributed by atoms with E-state index in [-0.39, 0.29) is 5.41 Å². The van der Waals surface area contributed by atoms with E-state index in [1.807, 2.05) is 12.1 Å². The highest BCUT2D eigenvalue weighted by Crippen LogP contribution is 2.39. The van der Waals surface area contributed by atoms with E-state index < -0.39 is 0 Å². The van der Waals surface area contributed by atoms with Crippen LogP contribution < -0.4 is 5.32 Å². The summed E-state index contributed by atoms with van der Waals surface area (Å²) in [4.78, 5) is 8.16. The highest BCUT2D eigenvalue weighted by molar-refractivity contribution is 5.74. The van der Waals surface area contributed by atoms with Gasteiger partial charge in [-0.15, -0.1) is 0 Å². The van der Waals surface area contributed by atoms with Crippen LogP contribution in [0, 0.1) is 5.41 Å². The fraction of sp³-hybridized carbons (Fsp3) is 0.500. The van der Waals surface area contributed by atoms with Gasteiger partial charge in [0, 0.05) is 0 Å². The summed E-state index contributed by atoms with van der Waals surface area (Å²) in [6.07, 6.45) is 2.51. The van der Waals surface area contributed by atoms with Gasteiger partial charge in [0.25, 0.3) is 0 Å². The zero-order valence-electron chi connectivity index (χ0n) is 10.5. The number of para-hydroxylation sites is 2. The molecule has 2 N–H and O–H groups in total. The Morgan fingerprint density at radius 3 is 2.88 bits per heavy atom. The molecule has 3 nitrogen and oxygen atoms in total. The van der Waals surface area contributed by atoms with Gasteiger partial charge in [-0.2, -0.15) is 0 Å². The van der Waals surface area contributed by atoms with Gasteiger partial charge in [-0.3, -0.25) is 0 Å². The van der Waals surface area contributed by atoms with Crippen LogP contribution in [-0.2, 0) is 0 Å². The van der Waals surface area contributed by atoms with Crippen LogP contribution in [-0.4, -0.2) is 16.5 Å². The van der Waals surface area contributed by atoms with Gasteiger partial charge < -0.3 is 10.3 Å². The second-order valence-corrected chi connectivity index (χ2v) is 5.62. The molecule has 1 saturated heterocycles. The van der Waals surface area contributed by atoms with Gasteiger partial charge >= 0.3 is 0 Å². The lowest BCUT2D eigenvalue weighted by atomic mass is 9.77. The Balaban J connectivity index is 2.02. The normalized spacial score (nSPS) is 24.0. The number of aromatic nitrogens is 2. The van der Waals surface area contributed by atoms with Crippen molar-refractivity contribution in [2.24, 2.45) is 5.41 Å². The number of nitrogens with one attached hydrogen (secondary N) is 2. The molecule has 1 aromatic carbocycles. The average molecular weight is 229 g/mol. The molecule has 17 heavy (non-hydrogen) atoms. The standard InChI is InChI=1S/C14H19N3/c1-14(2)8-5-9-15-12(14)13-16-10-6-3-4-7-11(10)17-13/h3-4,6-7,12,15H,5,8-9H2,1-2H3,(H,16,17). The number of hydrogen-bond acceptors (Lipinski definition) is 2. The minimum Gasteiger partial charge on any atom is -0.341 e. The quantitative estimate of drug-likeness (QED) is 0.789. The summed E-state index contributed by atoms with van der Waals surface area (Å²) in [6.45, 7) is 5.72. The van der Waals surface area contributed by atoms with E-state index in [9.17, 15) is 0 Å². The van der Waals surface area contributed by atoms with Gasteiger partial charge in [-0.25, -0.2) is 4.98 Å². The predicted octanol–water partition coefficient (Wildman–Crippen LogP) is 3.01. The Morgan fingerprint density at radius 1 is 1.29 bits per heavy atom. The van der Waals surface area contributed by atoms with Gasteiger partial charge in [0.15, 0.2) is 0 Å².